The molecule has 1 fully saturated rings. The predicted molar refractivity (Wildman–Crippen MR) is 88.1 cm³/mol. The first-order valence-electron chi connectivity index (χ1n) is 7.19. The predicted octanol–water partition coefficient (Wildman–Crippen LogP) is 2.10. The Bertz CT molecular complexity index is 659. The van der Waals surface area contributed by atoms with Gasteiger partial charge in [-0.05, 0) is 18.1 Å². The molecular formula is C15H21ClN2O3S. The summed E-state index contributed by atoms with van der Waals surface area (Å²) < 4.78 is 22.8. The van der Waals surface area contributed by atoms with Crippen LogP contribution in [0.1, 0.15) is 25.8 Å². The lowest BCUT2D eigenvalue weighted by atomic mass is 9.84. The van der Waals surface area contributed by atoms with Crippen LogP contribution < -0.4 is 10.6 Å². The van der Waals surface area contributed by atoms with E-state index in [0.717, 1.165) is 5.56 Å². The van der Waals surface area contributed by atoms with Crippen LogP contribution in [-0.4, -0.2) is 38.5 Å². The van der Waals surface area contributed by atoms with Crippen LogP contribution in [0.4, 0.5) is 4.79 Å². The summed E-state index contributed by atoms with van der Waals surface area (Å²) in [5.74, 6) is 0.164. The maximum absolute atomic E-state index is 11.9. The van der Waals surface area contributed by atoms with Crippen LogP contribution in [-0.2, 0) is 15.3 Å². The highest BCUT2D eigenvalue weighted by atomic mass is 35.5. The molecule has 0 unspecified atom stereocenters. The van der Waals surface area contributed by atoms with Crippen LogP contribution in [0.5, 0.6) is 0 Å². The topological polar surface area (TPSA) is 75.3 Å². The van der Waals surface area contributed by atoms with E-state index < -0.39 is 9.84 Å². The van der Waals surface area contributed by atoms with Crippen LogP contribution in [0.15, 0.2) is 24.3 Å². The zero-order valence-corrected chi connectivity index (χ0v) is 14.3. The third-order valence-electron chi connectivity index (χ3n) is 3.86. The van der Waals surface area contributed by atoms with Gasteiger partial charge in [-0.3, -0.25) is 0 Å². The quantitative estimate of drug-likeness (QED) is 0.878. The molecule has 0 bridgehead atoms. The minimum absolute atomic E-state index is 0.0221. The monoisotopic (exact) mass is 344 g/mol. The van der Waals surface area contributed by atoms with Gasteiger partial charge in [0.25, 0.3) is 0 Å². The Morgan fingerprint density at radius 1 is 1.36 bits per heavy atom. The summed E-state index contributed by atoms with van der Waals surface area (Å²) in [6.07, 6.45) is 0.476. The first kappa shape index (κ1) is 17.1. The first-order valence-corrected chi connectivity index (χ1v) is 9.39. The molecule has 0 spiro atoms. The van der Waals surface area contributed by atoms with Gasteiger partial charge in [0, 0.05) is 23.0 Å². The lowest BCUT2D eigenvalue weighted by molar-refractivity contribution is 0.235. The molecule has 22 heavy (non-hydrogen) atoms. The zero-order valence-electron chi connectivity index (χ0n) is 12.7. The Morgan fingerprint density at radius 3 is 2.64 bits per heavy atom. The third-order valence-corrected chi connectivity index (χ3v) is 5.96. The van der Waals surface area contributed by atoms with Gasteiger partial charge in [-0.2, -0.15) is 0 Å². The van der Waals surface area contributed by atoms with Crippen molar-refractivity contribution < 1.29 is 13.2 Å². The summed E-state index contributed by atoms with van der Waals surface area (Å²) in [6.45, 7) is 4.39. The van der Waals surface area contributed by atoms with E-state index in [9.17, 15) is 13.2 Å². The SMILES string of the molecule is CC(C)(CNC(=O)N[C@@H]1CCS(=O)(=O)C1)c1ccccc1Cl. The summed E-state index contributed by atoms with van der Waals surface area (Å²) >= 11 is 6.20. The van der Waals surface area contributed by atoms with E-state index in [1.54, 1.807) is 0 Å². The van der Waals surface area contributed by atoms with Gasteiger partial charge in [0.1, 0.15) is 0 Å². The molecule has 5 nitrogen and oxygen atoms in total. The van der Waals surface area contributed by atoms with Gasteiger partial charge in [0.05, 0.1) is 11.5 Å². The van der Waals surface area contributed by atoms with Crippen LogP contribution >= 0.6 is 11.6 Å². The van der Waals surface area contributed by atoms with Crippen molar-refractivity contribution in [2.45, 2.75) is 31.7 Å². The Labute approximate surface area is 136 Å². The van der Waals surface area contributed by atoms with Crippen molar-refractivity contribution in [1.82, 2.24) is 10.6 Å². The van der Waals surface area contributed by atoms with E-state index in [0.29, 0.717) is 18.0 Å². The fourth-order valence-corrected chi connectivity index (χ4v) is 4.62. The molecule has 1 atom stereocenters. The molecule has 7 heteroatoms. The van der Waals surface area contributed by atoms with E-state index >= 15 is 0 Å². The van der Waals surface area contributed by atoms with Gasteiger partial charge in [0.2, 0.25) is 0 Å². The molecule has 0 aliphatic carbocycles. The summed E-state index contributed by atoms with van der Waals surface area (Å²) in [7, 11) is -2.99. The van der Waals surface area contributed by atoms with Crippen molar-refractivity contribution in [3.05, 3.63) is 34.9 Å². The number of halogens is 1. The van der Waals surface area contributed by atoms with Crippen molar-refractivity contribution in [2.75, 3.05) is 18.1 Å². The molecule has 2 amide bonds. The average molecular weight is 345 g/mol. The van der Waals surface area contributed by atoms with Crippen molar-refractivity contribution in [1.29, 1.82) is 0 Å². The molecule has 2 rings (SSSR count). The number of carbonyl (C=O) groups excluding carboxylic acids is 1. The minimum Gasteiger partial charge on any atom is -0.337 e. The fourth-order valence-electron chi connectivity index (χ4n) is 2.55. The highest BCUT2D eigenvalue weighted by Crippen LogP contribution is 2.28. The number of carbonyl (C=O) groups is 1. The largest absolute Gasteiger partial charge is 0.337 e. The zero-order chi connectivity index (χ0) is 16.4. The second-order valence-corrected chi connectivity index (χ2v) is 8.93. The third kappa shape index (κ3) is 4.36. The Balaban J connectivity index is 1.89. The molecule has 1 saturated heterocycles. The van der Waals surface area contributed by atoms with Crippen LogP contribution in [0.2, 0.25) is 5.02 Å². The van der Waals surface area contributed by atoms with E-state index in [4.69, 9.17) is 11.6 Å². The highest BCUT2D eigenvalue weighted by Gasteiger charge is 2.29. The maximum atomic E-state index is 11.9. The second-order valence-electron chi connectivity index (χ2n) is 6.29. The molecule has 1 aromatic carbocycles. The normalized spacial score (nSPS) is 20.6. The number of nitrogens with one attached hydrogen (secondary N) is 2. The Kier molecular flexibility index (Phi) is 5.02. The lowest BCUT2D eigenvalue weighted by Crippen LogP contribution is -2.46. The summed E-state index contributed by atoms with van der Waals surface area (Å²) in [5, 5.41) is 6.17. The molecule has 2 N–H and O–H groups in total. The highest BCUT2D eigenvalue weighted by molar-refractivity contribution is 7.91. The number of urea groups is 1. The van der Waals surface area contributed by atoms with Gasteiger partial charge in [-0.15, -0.1) is 0 Å². The Morgan fingerprint density at radius 2 is 2.05 bits per heavy atom. The standard InChI is InChI=1S/C15H21ClN2O3S/c1-15(2,12-5-3-4-6-13(12)16)10-17-14(19)18-11-7-8-22(20,21)9-11/h3-6,11H,7-10H2,1-2H3,(H2,17,18,19)/t11-/m1/s1. The maximum Gasteiger partial charge on any atom is 0.315 e. The van der Waals surface area contributed by atoms with Crippen molar-refractivity contribution in [3.63, 3.8) is 0 Å². The Hall–Kier alpha value is -1.27. The number of hydrogen-bond acceptors (Lipinski definition) is 3. The van der Waals surface area contributed by atoms with Gasteiger partial charge in [0.15, 0.2) is 9.84 Å². The summed E-state index contributed by atoms with van der Waals surface area (Å²) in [6, 6.07) is 6.89. The summed E-state index contributed by atoms with van der Waals surface area (Å²) in [4.78, 5) is 11.9. The number of benzene rings is 1. The van der Waals surface area contributed by atoms with Gasteiger partial charge in [-0.25, -0.2) is 13.2 Å². The number of amides is 2. The van der Waals surface area contributed by atoms with E-state index in [2.05, 4.69) is 10.6 Å². The molecule has 0 radical (unpaired) electrons. The molecule has 1 aliphatic heterocycles. The minimum atomic E-state index is -2.99. The molecule has 1 aliphatic rings. The summed E-state index contributed by atoms with van der Waals surface area (Å²) in [5.41, 5.74) is 0.637. The fraction of sp³-hybridized carbons (Fsp3) is 0.533. The van der Waals surface area contributed by atoms with Crippen LogP contribution in [0.25, 0.3) is 0 Å². The molecule has 1 aromatic rings. The van der Waals surface area contributed by atoms with Gasteiger partial charge in [-0.1, -0.05) is 43.6 Å². The van der Waals surface area contributed by atoms with Crippen LogP contribution in [0, 0.1) is 0 Å². The van der Waals surface area contributed by atoms with E-state index in [1.807, 2.05) is 38.1 Å². The van der Waals surface area contributed by atoms with E-state index in [-0.39, 0.29) is 29.0 Å². The second kappa shape index (κ2) is 6.46. The smallest absolute Gasteiger partial charge is 0.315 e. The molecular weight excluding hydrogens is 324 g/mol. The van der Waals surface area contributed by atoms with Gasteiger partial charge >= 0.3 is 6.03 Å². The molecule has 0 aromatic heterocycles. The van der Waals surface area contributed by atoms with Crippen molar-refractivity contribution in [2.24, 2.45) is 0 Å². The first-order chi connectivity index (χ1) is 10.2. The van der Waals surface area contributed by atoms with Crippen molar-refractivity contribution in [3.8, 4) is 0 Å². The van der Waals surface area contributed by atoms with Crippen molar-refractivity contribution >= 4 is 27.5 Å². The van der Waals surface area contributed by atoms with Crippen LogP contribution in [0.3, 0.4) is 0 Å². The molecule has 0 saturated carbocycles. The number of sulfone groups is 1. The molecule has 1 heterocycles. The van der Waals surface area contributed by atoms with E-state index in [1.165, 1.54) is 0 Å². The molecule has 122 valence electrons. The lowest BCUT2D eigenvalue weighted by Gasteiger charge is -2.27. The van der Waals surface area contributed by atoms with Gasteiger partial charge < -0.3 is 10.6 Å². The number of hydrogen-bond donors (Lipinski definition) is 2. The number of rotatable bonds is 4. The average Bonchev–Trinajstić information content (AvgIpc) is 2.76.